The number of carbonyl (C=O) groups excluding carboxylic acids is 1. The van der Waals surface area contributed by atoms with E-state index in [0.717, 1.165) is 37.2 Å². The topological polar surface area (TPSA) is 54.5 Å². The summed E-state index contributed by atoms with van der Waals surface area (Å²) < 4.78 is 43.5. The highest BCUT2D eigenvalue weighted by Gasteiger charge is 2.43. The molecule has 0 bridgehead atoms. The summed E-state index contributed by atoms with van der Waals surface area (Å²) in [6.45, 7) is 2.69. The van der Waals surface area contributed by atoms with Crippen LogP contribution in [0.2, 0.25) is 0 Å². The molecule has 1 N–H and O–H groups in total. The molecule has 0 aliphatic carbocycles. The minimum absolute atomic E-state index is 0.366. The number of halogens is 3. The number of aromatic nitrogens is 1. The fraction of sp³-hybridized carbons (Fsp3) is 0.444. The van der Waals surface area contributed by atoms with Crippen molar-refractivity contribution in [2.24, 2.45) is 0 Å². The SMILES string of the molecule is O=C1NC[C@@]2(CCCN(Cc3csc(-c4ccc(C(F)(F)F)cc4)n3)C2)O1. The van der Waals surface area contributed by atoms with Gasteiger partial charge in [-0.15, -0.1) is 11.3 Å². The Morgan fingerprint density at radius 1 is 1.30 bits per heavy atom. The van der Waals surface area contributed by atoms with Crippen LogP contribution in [0.1, 0.15) is 24.1 Å². The van der Waals surface area contributed by atoms with Crippen LogP contribution in [-0.2, 0) is 17.5 Å². The van der Waals surface area contributed by atoms with Crippen LogP contribution in [-0.4, -0.2) is 41.2 Å². The molecule has 2 saturated heterocycles. The molecule has 5 nitrogen and oxygen atoms in total. The number of benzene rings is 1. The number of hydrogen-bond donors (Lipinski definition) is 1. The van der Waals surface area contributed by atoms with Crippen molar-refractivity contribution in [3.8, 4) is 10.6 Å². The van der Waals surface area contributed by atoms with Crippen molar-refractivity contribution in [2.45, 2.75) is 31.2 Å². The Kier molecular flexibility index (Phi) is 4.59. The lowest BCUT2D eigenvalue weighted by Gasteiger charge is -2.37. The zero-order chi connectivity index (χ0) is 19.1. The number of ether oxygens (including phenoxy) is 1. The van der Waals surface area contributed by atoms with Crippen LogP contribution in [0.15, 0.2) is 29.6 Å². The Hall–Kier alpha value is -2.13. The highest BCUT2D eigenvalue weighted by molar-refractivity contribution is 7.13. The molecular formula is C18H18F3N3O2S. The van der Waals surface area contributed by atoms with Gasteiger partial charge in [0.25, 0.3) is 0 Å². The molecule has 2 fully saturated rings. The summed E-state index contributed by atoms with van der Waals surface area (Å²) in [4.78, 5) is 18.2. The van der Waals surface area contributed by atoms with Crippen molar-refractivity contribution < 1.29 is 22.7 Å². The number of hydrogen-bond acceptors (Lipinski definition) is 5. The van der Waals surface area contributed by atoms with E-state index in [4.69, 9.17) is 4.74 Å². The summed E-state index contributed by atoms with van der Waals surface area (Å²) in [6, 6.07) is 5.05. The third-order valence-electron chi connectivity index (χ3n) is 4.88. The van der Waals surface area contributed by atoms with E-state index in [-0.39, 0.29) is 6.09 Å². The van der Waals surface area contributed by atoms with Crippen LogP contribution in [0.25, 0.3) is 10.6 Å². The average molecular weight is 397 g/mol. The standard InChI is InChI=1S/C18H18F3N3O2S/c19-18(20,21)13-4-2-12(3-5-13)15-23-14(9-27-15)8-24-7-1-6-17(11-24)10-22-16(25)26-17/h2-5,9H,1,6-8,10-11H2,(H,22,25)/t17-/m1/s1. The first-order chi connectivity index (χ1) is 12.8. The number of likely N-dealkylation sites (tertiary alicyclic amines) is 1. The molecule has 27 heavy (non-hydrogen) atoms. The van der Waals surface area contributed by atoms with Crippen LogP contribution >= 0.6 is 11.3 Å². The van der Waals surface area contributed by atoms with Crippen LogP contribution in [0.4, 0.5) is 18.0 Å². The number of nitrogens with one attached hydrogen (secondary N) is 1. The van der Waals surface area contributed by atoms with Gasteiger partial charge in [0.15, 0.2) is 0 Å². The van der Waals surface area contributed by atoms with Crippen molar-refractivity contribution >= 4 is 17.4 Å². The van der Waals surface area contributed by atoms with Crippen LogP contribution in [0.5, 0.6) is 0 Å². The second kappa shape index (κ2) is 6.79. The Morgan fingerprint density at radius 2 is 2.07 bits per heavy atom. The Labute approximate surface area is 158 Å². The molecule has 2 aliphatic rings. The molecule has 1 amide bonds. The third kappa shape index (κ3) is 3.93. The van der Waals surface area contributed by atoms with E-state index in [2.05, 4.69) is 15.2 Å². The molecule has 2 aliphatic heterocycles. The predicted molar refractivity (Wildman–Crippen MR) is 94.3 cm³/mol. The molecule has 0 unspecified atom stereocenters. The summed E-state index contributed by atoms with van der Waals surface area (Å²) in [5, 5.41) is 5.34. The number of carbonyl (C=O) groups is 1. The highest BCUT2D eigenvalue weighted by atomic mass is 32.1. The second-order valence-electron chi connectivity index (χ2n) is 6.96. The van der Waals surface area contributed by atoms with E-state index in [1.807, 2.05) is 5.38 Å². The molecule has 1 aromatic heterocycles. The maximum Gasteiger partial charge on any atom is 0.416 e. The van der Waals surface area contributed by atoms with E-state index in [1.54, 1.807) is 0 Å². The number of piperidine rings is 1. The van der Waals surface area contributed by atoms with Gasteiger partial charge in [-0.2, -0.15) is 13.2 Å². The number of nitrogens with zero attached hydrogens (tertiary/aromatic N) is 2. The van der Waals surface area contributed by atoms with Gasteiger partial charge in [0.1, 0.15) is 10.6 Å². The zero-order valence-corrected chi connectivity index (χ0v) is 15.2. The second-order valence-corrected chi connectivity index (χ2v) is 7.82. The normalized spacial score (nSPS) is 23.4. The quantitative estimate of drug-likeness (QED) is 0.854. The third-order valence-corrected chi connectivity index (χ3v) is 5.82. The van der Waals surface area contributed by atoms with Crippen LogP contribution in [0, 0.1) is 0 Å². The minimum Gasteiger partial charge on any atom is -0.440 e. The fourth-order valence-electron chi connectivity index (χ4n) is 3.60. The zero-order valence-electron chi connectivity index (χ0n) is 14.4. The summed E-state index contributed by atoms with van der Waals surface area (Å²) in [5.41, 5.74) is 0.413. The summed E-state index contributed by atoms with van der Waals surface area (Å²) in [7, 11) is 0. The van der Waals surface area contributed by atoms with E-state index < -0.39 is 17.3 Å². The van der Waals surface area contributed by atoms with Gasteiger partial charge in [0, 0.05) is 24.0 Å². The first-order valence-electron chi connectivity index (χ1n) is 8.64. The van der Waals surface area contributed by atoms with Crippen molar-refractivity contribution in [3.05, 3.63) is 40.9 Å². The number of alkyl carbamates (subject to hydrolysis) is 1. The summed E-state index contributed by atoms with van der Waals surface area (Å²) >= 11 is 1.41. The van der Waals surface area contributed by atoms with Crippen molar-refractivity contribution in [2.75, 3.05) is 19.6 Å². The van der Waals surface area contributed by atoms with Gasteiger partial charge in [-0.3, -0.25) is 4.90 Å². The van der Waals surface area contributed by atoms with Gasteiger partial charge in [-0.05, 0) is 31.5 Å². The Balaban J connectivity index is 1.43. The lowest BCUT2D eigenvalue weighted by molar-refractivity contribution is -0.137. The van der Waals surface area contributed by atoms with Crippen molar-refractivity contribution in [1.82, 2.24) is 15.2 Å². The van der Waals surface area contributed by atoms with E-state index in [0.29, 0.717) is 30.2 Å². The first kappa shape index (κ1) is 18.2. The average Bonchev–Trinajstić information content (AvgIpc) is 3.22. The van der Waals surface area contributed by atoms with Crippen LogP contribution in [0.3, 0.4) is 0 Å². The van der Waals surface area contributed by atoms with Crippen molar-refractivity contribution in [1.29, 1.82) is 0 Å². The summed E-state index contributed by atoms with van der Waals surface area (Å²) in [5.74, 6) is 0. The number of alkyl halides is 3. The molecule has 144 valence electrons. The molecule has 9 heteroatoms. The van der Waals surface area contributed by atoms with Gasteiger partial charge in [0.05, 0.1) is 17.8 Å². The molecule has 4 rings (SSSR count). The maximum absolute atomic E-state index is 12.7. The van der Waals surface area contributed by atoms with Gasteiger partial charge in [-0.1, -0.05) is 12.1 Å². The molecular weight excluding hydrogens is 379 g/mol. The molecule has 3 heterocycles. The fourth-order valence-corrected chi connectivity index (χ4v) is 4.42. The van der Waals surface area contributed by atoms with E-state index in [9.17, 15) is 18.0 Å². The molecule has 1 spiro atoms. The van der Waals surface area contributed by atoms with Gasteiger partial charge in [0.2, 0.25) is 0 Å². The number of thiazole rings is 1. The monoisotopic (exact) mass is 397 g/mol. The van der Waals surface area contributed by atoms with E-state index >= 15 is 0 Å². The number of amides is 1. The smallest absolute Gasteiger partial charge is 0.416 e. The molecule has 0 radical (unpaired) electrons. The Morgan fingerprint density at radius 3 is 2.74 bits per heavy atom. The molecule has 1 aromatic carbocycles. The van der Waals surface area contributed by atoms with E-state index in [1.165, 1.54) is 23.5 Å². The Bertz CT molecular complexity index is 837. The van der Waals surface area contributed by atoms with Crippen LogP contribution < -0.4 is 5.32 Å². The minimum atomic E-state index is -4.34. The summed E-state index contributed by atoms with van der Waals surface area (Å²) in [6.07, 6.45) is -2.92. The van der Waals surface area contributed by atoms with Gasteiger partial charge >= 0.3 is 12.3 Å². The van der Waals surface area contributed by atoms with Gasteiger partial charge < -0.3 is 10.1 Å². The number of rotatable bonds is 3. The van der Waals surface area contributed by atoms with Gasteiger partial charge in [-0.25, -0.2) is 9.78 Å². The molecule has 0 saturated carbocycles. The first-order valence-corrected chi connectivity index (χ1v) is 9.52. The molecule has 2 aromatic rings. The highest BCUT2D eigenvalue weighted by Crippen LogP contribution is 2.33. The largest absolute Gasteiger partial charge is 0.440 e. The maximum atomic E-state index is 12.7. The van der Waals surface area contributed by atoms with Crippen molar-refractivity contribution in [3.63, 3.8) is 0 Å². The lowest BCUT2D eigenvalue weighted by atomic mass is 9.93. The predicted octanol–water partition coefficient (Wildman–Crippen LogP) is 3.90. The lowest BCUT2D eigenvalue weighted by Crippen LogP contribution is -2.50. The molecule has 1 atom stereocenters.